The summed E-state index contributed by atoms with van der Waals surface area (Å²) in [5.41, 5.74) is 0. The molecule has 0 amide bonds. The van der Waals surface area contributed by atoms with E-state index in [2.05, 4.69) is 38.2 Å². The lowest BCUT2D eigenvalue weighted by Crippen LogP contribution is -2.27. The predicted molar refractivity (Wildman–Crippen MR) is 95.3 cm³/mol. The van der Waals surface area contributed by atoms with Crippen LogP contribution in [-0.4, -0.2) is 25.4 Å². The second-order valence-corrected chi connectivity index (χ2v) is 6.27. The van der Waals surface area contributed by atoms with Gasteiger partial charge in [-0.3, -0.25) is 0 Å². The molecule has 2 heteroatoms. The Morgan fingerprint density at radius 2 is 1.09 bits per heavy atom. The predicted octanol–water partition coefficient (Wildman–Crippen LogP) is 5.82. The molecule has 0 bridgehead atoms. The van der Waals surface area contributed by atoms with E-state index in [-0.39, 0.29) is 0 Å². The standard InChI is InChI=1S/C20H36O2/c1-3-5-7-9-11-17-21-19-13-15-20(16-14-19)22-18-12-10-8-6-4-2/h3-6,19-20H,7-18H2,1-2H3. The summed E-state index contributed by atoms with van der Waals surface area (Å²) in [6.07, 6.45) is 21.7. The summed E-state index contributed by atoms with van der Waals surface area (Å²) in [7, 11) is 0. The van der Waals surface area contributed by atoms with Crippen LogP contribution in [0.4, 0.5) is 0 Å². The highest BCUT2D eigenvalue weighted by molar-refractivity contribution is 4.77. The van der Waals surface area contributed by atoms with Crippen LogP contribution in [-0.2, 0) is 9.47 Å². The number of allylic oxidation sites excluding steroid dienone is 4. The molecule has 0 spiro atoms. The molecule has 0 aromatic heterocycles. The molecule has 1 saturated carbocycles. The fourth-order valence-electron chi connectivity index (χ4n) is 2.93. The van der Waals surface area contributed by atoms with Crippen LogP contribution in [0.3, 0.4) is 0 Å². The third kappa shape index (κ3) is 10.2. The monoisotopic (exact) mass is 308 g/mol. The highest BCUT2D eigenvalue weighted by Crippen LogP contribution is 2.24. The van der Waals surface area contributed by atoms with E-state index < -0.39 is 0 Å². The zero-order valence-corrected chi connectivity index (χ0v) is 14.8. The van der Waals surface area contributed by atoms with Gasteiger partial charge in [-0.15, -0.1) is 0 Å². The Morgan fingerprint density at radius 1 is 0.682 bits per heavy atom. The second kappa shape index (κ2) is 14.0. The average Bonchev–Trinajstić information content (AvgIpc) is 2.55. The SMILES string of the molecule is CC=CCCCCOC1CCC(OCCCCC=CC)CC1. The molecule has 2 nitrogen and oxygen atoms in total. The molecule has 0 radical (unpaired) electrons. The topological polar surface area (TPSA) is 18.5 Å². The first kappa shape index (κ1) is 19.4. The summed E-state index contributed by atoms with van der Waals surface area (Å²) in [6, 6.07) is 0. The van der Waals surface area contributed by atoms with E-state index in [1.165, 1.54) is 64.2 Å². The number of ether oxygens (including phenoxy) is 2. The normalized spacial score (nSPS) is 22.8. The van der Waals surface area contributed by atoms with Crippen molar-refractivity contribution in [2.45, 2.75) is 90.3 Å². The average molecular weight is 309 g/mol. The van der Waals surface area contributed by atoms with Crippen molar-refractivity contribution in [3.8, 4) is 0 Å². The van der Waals surface area contributed by atoms with Crippen molar-refractivity contribution in [1.29, 1.82) is 0 Å². The van der Waals surface area contributed by atoms with Gasteiger partial charge in [-0.1, -0.05) is 24.3 Å². The highest BCUT2D eigenvalue weighted by Gasteiger charge is 2.21. The van der Waals surface area contributed by atoms with Gasteiger partial charge >= 0.3 is 0 Å². The molecule has 22 heavy (non-hydrogen) atoms. The fraction of sp³-hybridized carbons (Fsp3) is 0.800. The molecule has 0 atom stereocenters. The molecule has 0 aromatic rings. The van der Waals surface area contributed by atoms with Gasteiger partial charge in [0, 0.05) is 13.2 Å². The molecule has 1 aliphatic rings. The molecule has 0 aromatic carbocycles. The number of hydrogen-bond acceptors (Lipinski definition) is 2. The molecule has 128 valence electrons. The third-order valence-electron chi connectivity index (χ3n) is 4.33. The van der Waals surface area contributed by atoms with E-state index in [0.29, 0.717) is 12.2 Å². The molecule has 0 N–H and O–H groups in total. The quantitative estimate of drug-likeness (QED) is 0.334. The third-order valence-corrected chi connectivity index (χ3v) is 4.33. The molecule has 1 rings (SSSR count). The first-order valence-electron chi connectivity index (χ1n) is 9.32. The van der Waals surface area contributed by atoms with Crippen molar-refractivity contribution >= 4 is 0 Å². The lowest BCUT2D eigenvalue weighted by atomic mass is 9.95. The van der Waals surface area contributed by atoms with E-state index >= 15 is 0 Å². The number of unbranched alkanes of at least 4 members (excludes halogenated alkanes) is 4. The lowest BCUT2D eigenvalue weighted by Gasteiger charge is -2.28. The summed E-state index contributed by atoms with van der Waals surface area (Å²) >= 11 is 0. The largest absolute Gasteiger partial charge is 0.378 e. The van der Waals surface area contributed by atoms with Gasteiger partial charge in [-0.05, 0) is 78.1 Å². The smallest absolute Gasteiger partial charge is 0.0577 e. The van der Waals surface area contributed by atoms with E-state index in [0.717, 1.165) is 13.2 Å². The zero-order chi connectivity index (χ0) is 15.9. The van der Waals surface area contributed by atoms with Gasteiger partial charge in [-0.2, -0.15) is 0 Å². The van der Waals surface area contributed by atoms with Crippen molar-refractivity contribution in [1.82, 2.24) is 0 Å². The Morgan fingerprint density at radius 3 is 1.45 bits per heavy atom. The summed E-state index contributed by atoms with van der Waals surface area (Å²) < 4.78 is 12.0. The van der Waals surface area contributed by atoms with Crippen LogP contribution in [0.5, 0.6) is 0 Å². The minimum Gasteiger partial charge on any atom is -0.378 e. The van der Waals surface area contributed by atoms with Crippen molar-refractivity contribution < 1.29 is 9.47 Å². The number of hydrogen-bond donors (Lipinski definition) is 0. The lowest BCUT2D eigenvalue weighted by molar-refractivity contribution is -0.0325. The molecule has 0 saturated heterocycles. The maximum atomic E-state index is 5.99. The van der Waals surface area contributed by atoms with Crippen molar-refractivity contribution in [3.63, 3.8) is 0 Å². The van der Waals surface area contributed by atoms with Crippen molar-refractivity contribution in [2.75, 3.05) is 13.2 Å². The minimum absolute atomic E-state index is 0.483. The molecule has 0 aliphatic heterocycles. The van der Waals surface area contributed by atoms with Gasteiger partial charge in [0.2, 0.25) is 0 Å². The van der Waals surface area contributed by atoms with Crippen LogP contribution in [0.1, 0.15) is 78.1 Å². The Balaban J connectivity index is 1.92. The summed E-state index contributed by atoms with van der Waals surface area (Å²) in [5, 5.41) is 0. The Labute approximate surface area is 138 Å². The van der Waals surface area contributed by atoms with Crippen LogP contribution in [0.2, 0.25) is 0 Å². The molecule has 0 heterocycles. The summed E-state index contributed by atoms with van der Waals surface area (Å²) in [5.74, 6) is 0. The van der Waals surface area contributed by atoms with Gasteiger partial charge in [0.25, 0.3) is 0 Å². The van der Waals surface area contributed by atoms with Gasteiger partial charge in [-0.25, -0.2) is 0 Å². The molecule has 0 unspecified atom stereocenters. The zero-order valence-electron chi connectivity index (χ0n) is 14.8. The van der Waals surface area contributed by atoms with Crippen LogP contribution < -0.4 is 0 Å². The highest BCUT2D eigenvalue weighted by atomic mass is 16.5. The van der Waals surface area contributed by atoms with E-state index in [1.54, 1.807) is 0 Å². The maximum absolute atomic E-state index is 5.99. The minimum atomic E-state index is 0.483. The van der Waals surface area contributed by atoms with Gasteiger partial charge in [0.15, 0.2) is 0 Å². The maximum Gasteiger partial charge on any atom is 0.0577 e. The van der Waals surface area contributed by atoms with Gasteiger partial charge < -0.3 is 9.47 Å². The molecule has 1 fully saturated rings. The van der Waals surface area contributed by atoms with E-state index in [4.69, 9.17) is 9.47 Å². The van der Waals surface area contributed by atoms with Crippen LogP contribution in [0.25, 0.3) is 0 Å². The first-order valence-corrected chi connectivity index (χ1v) is 9.32. The van der Waals surface area contributed by atoms with Crippen LogP contribution in [0, 0.1) is 0 Å². The second-order valence-electron chi connectivity index (χ2n) is 6.27. The number of rotatable bonds is 12. The van der Waals surface area contributed by atoms with E-state index in [1.807, 2.05) is 0 Å². The van der Waals surface area contributed by atoms with Crippen molar-refractivity contribution in [2.24, 2.45) is 0 Å². The summed E-state index contributed by atoms with van der Waals surface area (Å²) in [4.78, 5) is 0. The molecular formula is C20H36O2. The first-order chi connectivity index (χ1) is 10.9. The van der Waals surface area contributed by atoms with Gasteiger partial charge in [0.05, 0.1) is 12.2 Å². The van der Waals surface area contributed by atoms with Crippen LogP contribution in [0.15, 0.2) is 24.3 Å². The summed E-state index contributed by atoms with van der Waals surface area (Å²) in [6.45, 7) is 6.02. The Kier molecular flexibility index (Phi) is 12.4. The Hall–Kier alpha value is -0.600. The Bertz CT molecular complexity index is 258. The van der Waals surface area contributed by atoms with Crippen molar-refractivity contribution in [3.05, 3.63) is 24.3 Å². The van der Waals surface area contributed by atoms with E-state index in [9.17, 15) is 0 Å². The van der Waals surface area contributed by atoms with Gasteiger partial charge in [0.1, 0.15) is 0 Å². The molecular weight excluding hydrogens is 272 g/mol. The molecule has 1 aliphatic carbocycles. The van der Waals surface area contributed by atoms with Crippen LogP contribution >= 0.6 is 0 Å². The fourth-order valence-corrected chi connectivity index (χ4v) is 2.93.